The van der Waals surface area contributed by atoms with E-state index in [9.17, 15) is 4.79 Å². The largest absolute Gasteiger partial charge is 0.368 e. The van der Waals surface area contributed by atoms with Crippen LogP contribution >= 0.6 is 0 Å². The van der Waals surface area contributed by atoms with Crippen molar-refractivity contribution in [1.29, 1.82) is 0 Å². The molecule has 0 aromatic heterocycles. The molecule has 12 heavy (non-hydrogen) atoms. The normalized spacial score (nSPS) is 21.8. The molecule has 1 N–H and O–H groups in total. The van der Waals surface area contributed by atoms with Crippen molar-refractivity contribution < 1.29 is 14.4 Å². The molecule has 1 aliphatic rings. The van der Waals surface area contributed by atoms with Gasteiger partial charge in [-0.3, -0.25) is 9.63 Å². The summed E-state index contributed by atoms with van der Waals surface area (Å²) in [5.74, 6) is 1.99. The van der Waals surface area contributed by atoms with Crippen LogP contribution in [0.2, 0.25) is 0 Å². The maximum absolute atomic E-state index is 11.1. The highest BCUT2D eigenvalue weighted by molar-refractivity contribution is 5.79. The van der Waals surface area contributed by atoms with E-state index in [1.807, 2.05) is 0 Å². The first-order chi connectivity index (χ1) is 5.84. The van der Waals surface area contributed by atoms with Crippen molar-refractivity contribution in [2.45, 2.75) is 18.9 Å². The molecule has 1 atom stereocenters. The summed E-state index contributed by atoms with van der Waals surface area (Å²) < 4.78 is 5.10. The number of terminal acetylenes is 1. The molecule has 66 valence electrons. The third-order valence-corrected chi connectivity index (χ3v) is 1.55. The van der Waals surface area contributed by atoms with Crippen molar-refractivity contribution in [3.63, 3.8) is 0 Å². The van der Waals surface area contributed by atoms with Crippen LogP contribution in [0.3, 0.4) is 0 Å². The zero-order valence-corrected chi connectivity index (χ0v) is 6.71. The molecule has 1 rings (SSSR count). The molecule has 0 radical (unpaired) electrons. The van der Waals surface area contributed by atoms with E-state index < -0.39 is 0 Å². The quantitative estimate of drug-likeness (QED) is 0.363. The number of nitrogens with one attached hydrogen (secondary N) is 1. The molecule has 0 spiro atoms. The number of hydroxylamine groups is 1. The van der Waals surface area contributed by atoms with E-state index in [0.29, 0.717) is 6.61 Å². The fraction of sp³-hybridized carbons (Fsp3) is 0.625. The van der Waals surface area contributed by atoms with Crippen LogP contribution in [0.1, 0.15) is 12.8 Å². The summed E-state index contributed by atoms with van der Waals surface area (Å²) in [6.45, 7) is 0.728. The number of carbonyl (C=O) groups is 1. The number of amides is 1. The molecule has 0 aromatic carbocycles. The smallest absolute Gasteiger partial charge is 0.272 e. The predicted octanol–water partition coefficient (Wildman–Crippen LogP) is -0.154. The monoisotopic (exact) mass is 169 g/mol. The number of rotatable bonds is 3. The Hall–Kier alpha value is -1.05. The number of ether oxygens (including phenoxy) is 1. The Kier molecular flexibility index (Phi) is 3.58. The van der Waals surface area contributed by atoms with Gasteiger partial charge in [0.1, 0.15) is 12.7 Å². The molecular formula is C8H11NO3. The summed E-state index contributed by atoms with van der Waals surface area (Å²) in [6, 6.07) is 0. The predicted molar refractivity (Wildman–Crippen MR) is 41.9 cm³/mol. The summed E-state index contributed by atoms with van der Waals surface area (Å²) in [5.41, 5.74) is 2.22. The third-order valence-electron chi connectivity index (χ3n) is 1.55. The second-order valence-electron chi connectivity index (χ2n) is 2.46. The topological polar surface area (TPSA) is 47.6 Å². The maximum Gasteiger partial charge on any atom is 0.272 e. The highest BCUT2D eigenvalue weighted by Crippen LogP contribution is 2.11. The fourth-order valence-corrected chi connectivity index (χ4v) is 0.999. The highest BCUT2D eigenvalue weighted by atomic mass is 16.7. The second kappa shape index (κ2) is 4.75. The first-order valence-corrected chi connectivity index (χ1v) is 3.81. The fourth-order valence-electron chi connectivity index (χ4n) is 0.999. The average molecular weight is 169 g/mol. The molecular weight excluding hydrogens is 158 g/mol. The molecule has 0 aliphatic carbocycles. The Labute approximate surface area is 71.2 Å². The van der Waals surface area contributed by atoms with Gasteiger partial charge in [-0.25, -0.2) is 5.48 Å². The SMILES string of the molecule is C#CCONC(=O)[C@H]1CCCO1. The van der Waals surface area contributed by atoms with Crippen LogP contribution in [-0.4, -0.2) is 25.2 Å². The number of hydrogen-bond donors (Lipinski definition) is 1. The Morgan fingerprint density at radius 1 is 1.83 bits per heavy atom. The highest BCUT2D eigenvalue weighted by Gasteiger charge is 2.23. The lowest BCUT2D eigenvalue weighted by atomic mass is 10.2. The van der Waals surface area contributed by atoms with Crippen molar-refractivity contribution in [3.8, 4) is 12.3 Å². The summed E-state index contributed by atoms with van der Waals surface area (Å²) in [5, 5.41) is 0. The molecule has 4 heteroatoms. The van der Waals surface area contributed by atoms with E-state index >= 15 is 0 Å². The second-order valence-corrected chi connectivity index (χ2v) is 2.46. The van der Waals surface area contributed by atoms with Crippen molar-refractivity contribution >= 4 is 5.91 Å². The molecule has 0 unspecified atom stereocenters. The first kappa shape index (κ1) is 9.04. The van der Waals surface area contributed by atoms with Gasteiger partial charge in [-0.1, -0.05) is 5.92 Å². The number of hydrogen-bond acceptors (Lipinski definition) is 3. The van der Waals surface area contributed by atoms with E-state index in [1.54, 1.807) is 0 Å². The van der Waals surface area contributed by atoms with Crippen LogP contribution in [0.15, 0.2) is 0 Å². The van der Waals surface area contributed by atoms with Crippen LogP contribution in [-0.2, 0) is 14.4 Å². The summed E-state index contributed by atoms with van der Waals surface area (Å²) in [7, 11) is 0. The molecule has 0 aromatic rings. The van der Waals surface area contributed by atoms with Gasteiger partial charge in [-0.05, 0) is 12.8 Å². The minimum atomic E-state index is -0.359. The molecule has 4 nitrogen and oxygen atoms in total. The molecule has 1 amide bonds. The van der Waals surface area contributed by atoms with Crippen LogP contribution in [0.5, 0.6) is 0 Å². The van der Waals surface area contributed by atoms with Crippen molar-refractivity contribution in [2.24, 2.45) is 0 Å². The van der Waals surface area contributed by atoms with Gasteiger partial charge in [0, 0.05) is 6.61 Å². The maximum atomic E-state index is 11.1. The minimum absolute atomic E-state index is 0.0818. The first-order valence-electron chi connectivity index (χ1n) is 3.81. The van der Waals surface area contributed by atoms with E-state index in [-0.39, 0.29) is 18.6 Å². The van der Waals surface area contributed by atoms with Gasteiger partial charge in [0.25, 0.3) is 5.91 Å². The third kappa shape index (κ3) is 2.53. The van der Waals surface area contributed by atoms with Gasteiger partial charge in [0.15, 0.2) is 0 Å². The van der Waals surface area contributed by atoms with Gasteiger partial charge in [-0.2, -0.15) is 0 Å². The Bertz CT molecular complexity index is 191. The standard InChI is InChI=1S/C8H11NO3/c1-2-5-12-9-8(10)7-4-3-6-11-7/h1,7H,3-6H2,(H,9,10)/t7-/m1/s1. The van der Waals surface area contributed by atoms with E-state index in [0.717, 1.165) is 12.8 Å². The van der Waals surface area contributed by atoms with Gasteiger partial charge < -0.3 is 4.74 Å². The summed E-state index contributed by atoms with van der Waals surface area (Å²) in [6.07, 6.45) is 6.23. The van der Waals surface area contributed by atoms with Crippen LogP contribution in [0.4, 0.5) is 0 Å². The summed E-state index contributed by atoms with van der Waals surface area (Å²) >= 11 is 0. The lowest BCUT2D eigenvalue weighted by Gasteiger charge is -2.08. The molecule has 1 saturated heterocycles. The van der Waals surface area contributed by atoms with Crippen molar-refractivity contribution in [2.75, 3.05) is 13.2 Å². The van der Waals surface area contributed by atoms with Crippen molar-refractivity contribution in [3.05, 3.63) is 0 Å². The average Bonchev–Trinajstić information content (AvgIpc) is 2.56. The molecule has 1 aliphatic heterocycles. The lowest BCUT2D eigenvalue weighted by molar-refractivity contribution is -0.141. The van der Waals surface area contributed by atoms with Gasteiger partial charge in [0.05, 0.1) is 0 Å². The zero-order chi connectivity index (χ0) is 8.81. The molecule has 0 saturated carbocycles. The Balaban J connectivity index is 2.15. The van der Waals surface area contributed by atoms with E-state index in [4.69, 9.17) is 11.2 Å². The molecule has 0 bridgehead atoms. The van der Waals surface area contributed by atoms with Gasteiger partial charge in [0.2, 0.25) is 0 Å². The Morgan fingerprint density at radius 3 is 3.25 bits per heavy atom. The Morgan fingerprint density at radius 2 is 2.67 bits per heavy atom. The van der Waals surface area contributed by atoms with Gasteiger partial charge in [-0.15, -0.1) is 6.42 Å². The van der Waals surface area contributed by atoms with Crippen LogP contribution < -0.4 is 5.48 Å². The molecule has 1 heterocycles. The molecule has 1 fully saturated rings. The lowest BCUT2D eigenvalue weighted by Crippen LogP contribution is -2.34. The van der Waals surface area contributed by atoms with Gasteiger partial charge >= 0.3 is 0 Å². The zero-order valence-electron chi connectivity index (χ0n) is 6.71. The minimum Gasteiger partial charge on any atom is -0.368 e. The summed E-state index contributed by atoms with van der Waals surface area (Å²) in [4.78, 5) is 15.7. The van der Waals surface area contributed by atoms with E-state index in [1.165, 1.54) is 0 Å². The van der Waals surface area contributed by atoms with Crippen molar-refractivity contribution in [1.82, 2.24) is 5.48 Å². The van der Waals surface area contributed by atoms with Crippen LogP contribution in [0, 0.1) is 12.3 Å². The van der Waals surface area contributed by atoms with E-state index in [2.05, 4.69) is 16.2 Å². The number of carbonyl (C=O) groups excluding carboxylic acids is 1. The van der Waals surface area contributed by atoms with Crippen LogP contribution in [0.25, 0.3) is 0 Å².